The molecule has 2 rings (SSSR count). The fourth-order valence-electron chi connectivity index (χ4n) is 1.95. The van der Waals surface area contributed by atoms with Gasteiger partial charge in [-0.2, -0.15) is 11.8 Å². The maximum absolute atomic E-state index is 3.47. The summed E-state index contributed by atoms with van der Waals surface area (Å²) in [5, 5.41) is 4.44. The Balaban J connectivity index is 1.80. The fourth-order valence-corrected chi connectivity index (χ4v) is 3.39. The van der Waals surface area contributed by atoms with Crippen molar-refractivity contribution in [2.45, 2.75) is 42.9 Å². The molecule has 2 fully saturated rings. The molecule has 0 aromatic heterocycles. The Morgan fingerprint density at radius 1 is 1.55 bits per heavy atom. The molecule has 0 aromatic carbocycles. The number of rotatable bonds is 3. The first-order chi connectivity index (χ1) is 5.35. The van der Waals surface area contributed by atoms with Crippen molar-refractivity contribution in [2.24, 2.45) is 0 Å². The van der Waals surface area contributed by atoms with E-state index in [1.807, 2.05) is 0 Å². The normalized spacial score (nSPS) is 34.1. The Labute approximate surface area is 73.3 Å². The molecule has 0 bridgehead atoms. The third-order valence-electron chi connectivity index (χ3n) is 3.03. The van der Waals surface area contributed by atoms with Crippen LogP contribution in [-0.4, -0.2) is 23.6 Å². The molecule has 0 aromatic rings. The molecule has 1 aliphatic heterocycles. The highest BCUT2D eigenvalue weighted by Gasteiger charge is 2.42. The smallest absolute Gasteiger partial charge is 0.0190 e. The Bertz CT molecular complexity index is 136. The molecule has 1 nitrogen and oxygen atoms in total. The van der Waals surface area contributed by atoms with Gasteiger partial charge in [0.15, 0.2) is 0 Å². The van der Waals surface area contributed by atoms with Crippen LogP contribution in [0.2, 0.25) is 0 Å². The molecule has 1 N–H and O–H groups in total. The average Bonchev–Trinajstić information content (AvgIpc) is 2.59. The van der Waals surface area contributed by atoms with Crippen molar-refractivity contribution >= 4 is 11.8 Å². The lowest BCUT2D eigenvalue weighted by molar-refractivity contribution is 0.493. The van der Waals surface area contributed by atoms with E-state index in [0.717, 1.165) is 5.25 Å². The molecule has 11 heavy (non-hydrogen) atoms. The van der Waals surface area contributed by atoms with Crippen LogP contribution in [0.15, 0.2) is 0 Å². The molecule has 1 saturated carbocycles. The molecule has 0 amide bonds. The second-order valence-electron chi connectivity index (χ2n) is 3.87. The number of hydrogen-bond acceptors (Lipinski definition) is 2. The van der Waals surface area contributed by atoms with Crippen molar-refractivity contribution < 1.29 is 0 Å². The van der Waals surface area contributed by atoms with Crippen LogP contribution in [0.3, 0.4) is 0 Å². The first-order valence-electron chi connectivity index (χ1n) is 4.65. The first-order valence-corrected chi connectivity index (χ1v) is 5.70. The lowest BCUT2D eigenvalue weighted by Gasteiger charge is -2.17. The molecule has 0 spiro atoms. The molecular formula is C9H17NS. The summed E-state index contributed by atoms with van der Waals surface area (Å²) in [6.45, 7) is 0. The van der Waals surface area contributed by atoms with Crippen molar-refractivity contribution in [3.05, 3.63) is 0 Å². The average molecular weight is 171 g/mol. The van der Waals surface area contributed by atoms with Gasteiger partial charge in [-0.25, -0.2) is 0 Å². The van der Waals surface area contributed by atoms with Crippen LogP contribution in [-0.2, 0) is 0 Å². The summed E-state index contributed by atoms with van der Waals surface area (Å²) >= 11 is 2.18. The summed E-state index contributed by atoms with van der Waals surface area (Å²) < 4.78 is 0. The van der Waals surface area contributed by atoms with E-state index in [1.165, 1.54) is 37.9 Å². The highest BCUT2D eigenvalue weighted by atomic mass is 32.2. The van der Waals surface area contributed by atoms with Gasteiger partial charge < -0.3 is 5.32 Å². The van der Waals surface area contributed by atoms with E-state index in [4.69, 9.17) is 0 Å². The monoisotopic (exact) mass is 171 g/mol. The van der Waals surface area contributed by atoms with Crippen LogP contribution >= 0.6 is 11.8 Å². The van der Waals surface area contributed by atoms with E-state index in [2.05, 4.69) is 24.1 Å². The SMILES string of the molecule is CNC1(CC2CCCS2)CC1. The molecule has 64 valence electrons. The molecule has 2 aliphatic rings. The van der Waals surface area contributed by atoms with Gasteiger partial charge in [0.2, 0.25) is 0 Å². The van der Waals surface area contributed by atoms with Gasteiger partial charge in [0.1, 0.15) is 0 Å². The lowest BCUT2D eigenvalue weighted by atomic mass is 10.1. The molecule has 1 aliphatic carbocycles. The van der Waals surface area contributed by atoms with Crippen LogP contribution in [0.4, 0.5) is 0 Å². The zero-order valence-corrected chi connectivity index (χ0v) is 8.04. The van der Waals surface area contributed by atoms with Gasteiger partial charge in [-0.3, -0.25) is 0 Å². The van der Waals surface area contributed by atoms with Crippen molar-refractivity contribution in [1.82, 2.24) is 5.32 Å². The van der Waals surface area contributed by atoms with Gasteiger partial charge >= 0.3 is 0 Å². The van der Waals surface area contributed by atoms with Crippen molar-refractivity contribution in [1.29, 1.82) is 0 Å². The summed E-state index contributed by atoms with van der Waals surface area (Å²) in [7, 11) is 2.12. The quantitative estimate of drug-likeness (QED) is 0.697. The molecular weight excluding hydrogens is 154 g/mol. The molecule has 1 unspecified atom stereocenters. The summed E-state index contributed by atoms with van der Waals surface area (Å²) in [4.78, 5) is 0. The van der Waals surface area contributed by atoms with E-state index < -0.39 is 0 Å². The molecule has 0 radical (unpaired) electrons. The van der Waals surface area contributed by atoms with Crippen LogP contribution < -0.4 is 5.32 Å². The molecule has 1 saturated heterocycles. The summed E-state index contributed by atoms with van der Waals surface area (Å²) in [5.41, 5.74) is 0.585. The zero-order valence-electron chi connectivity index (χ0n) is 7.23. The second-order valence-corrected chi connectivity index (χ2v) is 5.28. The molecule has 1 atom stereocenters. The predicted octanol–water partition coefficient (Wildman–Crippen LogP) is 2.02. The lowest BCUT2D eigenvalue weighted by Crippen LogP contribution is -2.30. The van der Waals surface area contributed by atoms with E-state index in [1.54, 1.807) is 0 Å². The van der Waals surface area contributed by atoms with Gasteiger partial charge in [0.25, 0.3) is 0 Å². The van der Waals surface area contributed by atoms with Crippen molar-refractivity contribution in [2.75, 3.05) is 12.8 Å². The Kier molecular flexibility index (Phi) is 2.15. The predicted molar refractivity (Wildman–Crippen MR) is 51.1 cm³/mol. The van der Waals surface area contributed by atoms with E-state index in [9.17, 15) is 0 Å². The molecule has 1 heterocycles. The first kappa shape index (κ1) is 7.93. The van der Waals surface area contributed by atoms with Crippen molar-refractivity contribution in [3.8, 4) is 0 Å². The summed E-state index contributed by atoms with van der Waals surface area (Å²) in [6.07, 6.45) is 7.18. The van der Waals surface area contributed by atoms with Gasteiger partial charge in [0, 0.05) is 10.8 Å². The maximum Gasteiger partial charge on any atom is 0.0190 e. The number of hydrogen-bond donors (Lipinski definition) is 1. The minimum Gasteiger partial charge on any atom is -0.314 e. The second kappa shape index (κ2) is 2.98. The van der Waals surface area contributed by atoms with Crippen molar-refractivity contribution in [3.63, 3.8) is 0 Å². The van der Waals surface area contributed by atoms with Gasteiger partial charge in [-0.15, -0.1) is 0 Å². The Morgan fingerprint density at radius 3 is 2.82 bits per heavy atom. The molecule has 2 heteroatoms. The maximum atomic E-state index is 3.47. The van der Waals surface area contributed by atoms with Gasteiger partial charge in [-0.05, 0) is 44.9 Å². The van der Waals surface area contributed by atoms with Crippen LogP contribution in [0, 0.1) is 0 Å². The topological polar surface area (TPSA) is 12.0 Å². The summed E-state index contributed by atoms with van der Waals surface area (Å²) in [6, 6.07) is 0. The third kappa shape index (κ3) is 1.73. The van der Waals surface area contributed by atoms with Gasteiger partial charge in [-0.1, -0.05) is 0 Å². The highest BCUT2D eigenvalue weighted by Crippen LogP contribution is 2.44. The van der Waals surface area contributed by atoms with E-state index in [0.29, 0.717) is 5.54 Å². The van der Waals surface area contributed by atoms with Gasteiger partial charge in [0.05, 0.1) is 0 Å². The number of nitrogens with one attached hydrogen (secondary N) is 1. The minimum absolute atomic E-state index is 0.585. The van der Waals surface area contributed by atoms with Crippen LogP contribution in [0.1, 0.15) is 32.1 Å². The van der Waals surface area contributed by atoms with E-state index >= 15 is 0 Å². The zero-order chi connectivity index (χ0) is 7.73. The highest BCUT2D eigenvalue weighted by molar-refractivity contribution is 8.00. The largest absolute Gasteiger partial charge is 0.314 e. The third-order valence-corrected chi connectivity index (χ3v) is 4.42. The number of thioether (sulfide) groups is 1. The van der Waals surface area contributed by atoms with E-state index in [-0.39, 0.29) is 0 Å². The standard InChI is InChI=1S/C9H17NS/c1-10-9(4-5-9)7-8-3-2-6-11-8/h8,10H,2-7H2,1H3. The minimum atomic E-state index is 0.585. The van der Waals surface area contributed by atoms with Crippen LogP contribution in [0.25, 0.3) is 0 Å². The Hall–Kier alpha value is 0.310. The van der Waals surface area contributed by atoms with Crippen LogP contribution in [0.5, 0.6) is 0 Å². The Morgan fingerprint density at radius 2 is 2.36 bits per heavy atom. The fraction of sp³-hybridized carbons (Fsp3) is 1.00. The summed E-state index contributed by atoms with van der Waals surface area (Å²) in [5.74, 6) is 1.41.